The van der Waals surface area contributed by atoms with Gasteiger partial charge in [-0.25, -0.2) is 4.79 Å². The van der Waals surface area contributed by atoms with Gasteiger partial charge in [0.05, 0.1) is 0 Å². The molecule has 13 heavy (non-hydrogen) atoms. The van der Waals surface area contributed by atoms with Crippen molar-refractivity contribution in [1.82, 2.24) is 0 Å². The molecule has 0 aromatic carbocycles. The van der Waals surface area contributed by atoms with Crippen LogP contribution in [0.25, 0.3) is 0 Å². The van der Waals surface area contributed by atoms with Gasteiger partial charge in [-0.1, -0.05) is 19.9 Å². The minimum atomic E-state index is -0.629. The van der Waals surface area contributed by atoms with Gasteiger partial charge in [0.15, 0.2) is 0 Å². The van der Waals surface area contributed by atoms with E-state index in [0.29, 0.717) is 6.42 Å². The second-order valence-electron chi connectivity index (χ2n) is 2.65. The smallest absolute Gasteiger partial charge is 0.340 e. The van der Waals surface area contributed by atoms with E-state index in [1.807, 2.05) is 6.92 Å². The van der Waals surface area contributed by atoms with Crippen LogP contribution in [0.2, 0.25) is 0 Å². The van der Waals surface area contributed by atoms with Crippen LogP contribution in [0.15, 0.2) is 12.2 Å². The third kappa shape index (κ3) is 7.85. The molecule has 0 radical (unpaired) electrons. The van der Waals surface area contributed by atoms with Gasteiger partial charge in [-0.3, -0.25) is 4.79 Å². The summed E-state index contributed by atoms with van der Waals surface area (Å²) in [4.78, 5) is 21.6. The zero-order chi connectivity index (χ0) is 9.56. The van der Waals surface area contributed by atoms with E-state index in [4.69, 9.17) is 0 Å². The Morgan fingerprint density at radius 1 is 1.38 bits per heavy atom. The molecule has 3 nitrogen and oxygen atoms in total. The minimum Gasteiger partial charge on any atom is -0.390 e. The summed E-state index contributed by atoms with van der Waals surface area (Å²) in [7, 11) is 0. The summed E-state index contributed by atoms with van der Waals surface area (Å²) in [5.41, 5.74) is 0.250. The molecule has 70 valence electrons. The van der Waals surface area contributed by atoms with Gasteiger partial charge >= 0.3 is 11.9 Å². The van der Waals surface area contributed by atoms with Crippen molar-refractivity contribution in [3.05, 3.63) is 12.2 Å². The summed E-state index contributed by atoms with van der Waals surface area (Å²) < 4.78 is 4.44. The van der Waals surface area contributed by atoms with Crippen molar-refractivity contribution in [3.63, 3.8) is 0 Å². The van der Waals surface area contributed by atoms with Crippen LogP contribution in [0.3, 0.4) is 0 Å². The fourth-order valence-electron chi connectivity index (χ4n) is 0.563. The average molecular weight is 236 g/mol. The second-order valence-corrected chi connectivity index (χ2v) is 2.65. The Hall–Kier alpha value is -0.497. The molecule has 0 atom stereocenters. The Balaban J connectivity index is 0. The van der Waals surface area contributed by atoms with Crippen LogP contribution in [0.4, 0.5) is 0 Å². The van der Waals surface area contributed by atoms with E-state index in [1.165, 1.54) is 6.92 Å². The van der Waals surface area contributed by atoms with E-state index in [9.17, 15) is 9.59 Å². The largest absolute Gasteiger partial charge is 0.390 e. The Morgan fingerprint density at radius 2 is 1.92 bits per heavy atom. The molecule has 0 aliphatic rings. The number of carbonyl (C=O) groups excluding carboxylic acids is 2. The van der Waals surface area contributed by atoms with Crippen molar-refractivity contribution in [2.45, 2.75) is 33.1 Å². The van der Waals surface area contributed by atoms with Gasteiger partial charge in [-0.2, -0.15) is 0 Å². The number of hydrogen-bond donors (Lipinski definition) is 0. The molecule has 0 heterocycles. The zero-order valence-electron chi connectivity index (χ0n) is 8.26. The Bertz CT molecular complexity index is 199. The van der Waals surface area contributed by atoms with E-state index in [2.05, 4.69) is 11.3 Å². The first kappa shape index (κ1) is 15.0. The van der Waals surface area contributed by atoms with E-state index in [1.54, 1.807) is 0 Å². The molecule has 0 spiro atoms. The summed E-state index contributed by atoms with van der Waals surface area (Å²) in [6, 6.07) is 0. The molecular weight excluding hydrogens is 221 g/mol. The molecule has 0 aromatic rings. The molecule has 0 aliphatic carbocycles. The summed E-state index contributed by atoms with van der Waals surface area (Å²) in [5, 5.41) is 0. The number of rotatable bonds is 4. The number of unbranched alkanes of at least 4 members (excludes halogenated alkanes) is 1. The third-order valence-corrected chi connectivity index (χ3v) is 1.29. The number of ether oxygens (including phenoxy) is 1. The third-order valence-electron chi connectivity index (χ3n) is 1.29. The second kappa shape index (κ2) is 8.12. The van der Waals surface area contributed by atoms with Gasteiger partial charge in [0.2, 0.25) is 0 Å². The van der Waals surface area contributed by atoms with Crippen LogP contribution in [0.1, 0.15) is 33.1 Å². The van der Waals surface area contributed by atoms with Crippen LogP contribution in [0, 0.1) is 0 Å². The van der Waals surface area contributed by atoms with Gasteiger partial charge in [-0.15, -0.1) is 0 Å². The molecule has 4 heteroatoms. The fraction of sp³-hybridized carbons (Fsp3) is 0.556. The van der Waals surface area contributed by atoms with Crippen LogP contribution >= 0.6 is 0 Å². The Labute approximate surface area is 91.3 Å². The summed E-state index contributed by atoms with van der Waals surface area (Å²) >= 11 is 0. The van der Waals surface area contributed by atoms with Crippen molar-refractivity contribution in [2.24, 2.45) is 0 Å². The van der Waals surface area contributed by atoms with Crippen LogP contribution in [0.5, 0.6) is 0 Å². The zero-order valence-corrected chi connectivity index (χ0v) is 11.2. The van der Waals surface area contributed by atoms with Crippen molar-refractivity contribution >= 4 is 11.9 Å². The Morgan fingerprint density at radius 3 is 2.31 bits per heavy atom. The molecule has 0 saturated heterocycles. The molecule has 0 amide bonds. The van der Waals surface area contributed by atoms with Crippen LogP contribution in [-0.4, -0.2) is 11.9 Å². The van der Waals surface area contributed by atoms with Gasteiger partial charge in [0.1, 0.15) is 0 Å². The predicted octanol–water partition coefficient (Wildman–Crippen LogP) is 1.82. The van der Waals surface area contributed by atoms with E-state index in [0.717, 1.165) is 12.8 Å². The maximum absolute atomic E-state index is 10.8. The average Bonchev–Trinajstić information content (AvgIpc) is 2.00. The molecule has 0 rings (SSSR count). The molecule has 0 bridgehead atoms. The molecule has 0 aromatic heterocycles. The van der Waals surface area contributed by atoms with Gasteiger partial charge in [0, 0.05) is 31.5 Å². The van der Waals surface area contributed by atoms with Crippen molar-refractivity contribution in [3.8, 4) is 0 Å². The number of esters is 2. The molecule has 0 unspecified atom stereocenters. The first-order valence-corrected chi connectivity index (χ1v) is 3.98. The van der Waals surface area contributed by atoms with Gasteiger partial charge < -0.3 is 4.74 Å². The molecule has 0 saturated carbocycles. The summed E-state index contributed by atoms with van der Waals surface area (Å²) in [6.07, 6.45) is 1.97. The molecule has 0 fully saturated rings. The predicted molar refractivity (Wildman–Crippen MR) is 45.4 cm³/mol. The SMILES string of the molecule is C=C(C)C(=O)OC(=O)CCCC.[Zn]. The maximum Gasteiger partial charge on any atom is 0.340 e. The van der Waals surface area contributed by atoms with Gasteiger partial charge in [0.25, 0.3) is 0 Å². The minimum absolute atomic E-state index is 0. The molecule has 0 aliphatic heterocycles. The quantitative estimate of drug-likeness (QED) is 0.323. The number of carbonyl (C=O) groups is 2. The van der Waals surface area contributed by atoms with E-state index >= 15 is 0 Å². The Kier molecular flexibility index (Phi) is 9.36. The molecule has 0 N–H and O–H groups in total. The summed E-state index contributed by atoms with van der Waals surface area (Å²) in [5.74, 6) is -1.10. The monoisotopic (exact) mass is 234 g/mol. The van der Waals surface area contributed by atoms with E-state index < -0.39 is 11.9 Å². The fourth-order valence-corrected chi connectivity index (χ4v) is 0.563. The first-order chi connectivity index (χ1) is 5.57. The van der Waals surface area contributed by atoms with Crippen molar-refractivity contribution in [1.29, 1.82) is 0 Å². The van der Waals surface area contributed by atoms with Crippen molar-refractivity contribution in [2.75, 3.05) is 0 Å². The van der Waals surface area contributed by atoms with Crippen LogP contribution in [-0.2, 0) is 33.8 Å². The molecular formula is C9H14O3Zn. The maximum atomic E-state index is 10.8. The number of hydrogen-bond acceptors (Lipinski definition) is 3. The standard InChI is InChI=1S/C9H14O3.Zn/c1-4-5-6-8(10)12-9(11)7(2)3;/h2,4-6H2,1,3H3;. The topological polar surface area (TPSA) is 43.4 Å². The van der Waals surface area contributed by atoms with Crippen molar-refractivity contribution < 1.29 is 33.8 Å². The normalized spacial score (nSPS) is 8.46. The van der Waals surface area contributed by atoms with E-state index in [-0.39, 0.29) is 25.1 Å². The van der Waals surface area contributed by atoms with Crippen LogP contribution < -0.4 is 0 Å². The summed E-state index contributed by atoms with van der Waals surface area (Å²) in [6.45, 7) is 6.84. The van der Waals surface area contributed by atoms with Gasteiger partial charge in [-0.05, 0) is 13.3 Å². The first-order valence-electron chi connectivity index (χ1n) is 3.98.